The minimum Gasteiger partial charge on any atom is -0.481 e. The summed E-state index contributed by atoms with van der Waals surface area (Å²) in [6.07, 6.45) is 1.21. The monoisotopic (exact) mass is 394 g/mol. The number of thioether (sulfide) groups is 1. The van der Waals surface area contributed by atoms with Gasteiger partial charge in [-0.15, -0.1) is 0 Å². The number of hydrogen-bond donors (Lipinski definition) is 3. The summed E-state index contributed by atoms with van der Waals surface area (Å²) in [5.41, 5.74) is 0.362. The van der Waals surface area contributed by atoms with E-state index in [4.69, 9.17) is 5.11 Å². The molecule has 27 heavy (non-hydrogen) atoms. The Hall–Kier alpha value is -2.02. The van der Waals surface area contributed by atoms with Crippen LogP contribution in [-0.4, -0.2) is 47.0 Å². The molecule has 0 spiro atoms. The Bertz CT molecular complexity index is 620. The molecule has 150 valence electrons. The molecular formula is C20H30N2O4S. The highest BCUT2D eigenvalue weighted by atomic mass is 32.2. The lowest BCUT2D eigenvalue weighted by molar-refractivity contribution is -0.139. The fourth-order valence-electron chi connectivity index (χ4n) is 2.51. The van der Waals surface area contributed by atoms with Crippen molar-refractivity contribution in [3.05, 3.63) is 35.9 Å². The highest BCUT2D eigenvalue weighted by molar-refractivity contribution is 7.99. The van der Waals surface area contributed by atoms with E-state index in [1.54, 1.807) is 43.0 Å². The van der Waals surface area contributed by atoms with E-state index in [0.29, 0.717) is 12.1 Å². The Balaban J connectivity index is 2.15. The quantitative estimate of drug-likeness (QED) is 0.474. The minimum atomic E-state index is -0.772. The van der Waals surface area contributed by atoms with E-state index in [9.17, 15) is 14.4 Å². The van der Waals surface area contributed by atoms with Crippen LogP contribution in [-0.2, 0) is 9.59 Å². The molecule has 0 heterocycles. The van der Waals surface area contributed by atoms with E-state index in [1.807, 2.05) is 19.9 Å². The van der Waals surface area contributed by atoms with Crippen molar-refractivity contribution in [2.45, 2.75) is 46.1 Å². The first kappa shape index (κ1) is 23.0. The molecule has 1 atom stereocenters. The molecule has 0 aliphatic heterocycles. The summed E-state index contributed by atoms with van der Waals surface area (Å²) in [7, 11) is 0. The summed E-state index contributed by atoms with van der Waals surface area (Å²) in [4.78, 5) is 34.8. The van der Waals surface area contributed by atoms with Gasteiger partial charge in [0.15, 0.2) is 0 Å². The molecule has 1 rings (SSSR count). The van der Waals surface area contributed by atoms with Crippen molar-refractivity contribution in [2.75, 3.05) is 18.1 Å². The zero-order chi connectivity index (χ0) is 20.3. The second-order valence-electron chi connectivity index (χ2n) is 7.39. The SMILES string of the molecule is CC(CC(=O)NCCSCCC(C)(C)CC(=O)O)NC(=O)c1ccccc1. The summed E-state index contributed by atoms with van der Waals surface area (Å²) in [6, 6.07) is 8.66. The molecule has 0 aliphatic carbocycles. The normalized spacial score (nSPS) is 12.3. The smallest absolute Gasteiger partial charge is 0.303 e. The highest BCUT2D eigenvalue weighted by Crippen LogP contribution is 2.26. The highest BCUT2D eigenvalue weighted by Gasteiger charge is 2.21. The predicted octanol–water partition coefficient (Wildman–Crippen LogP) is 2.94. The fourth-order valence-corrected chi connectivity index (χ4v) is 3.66. The Morgan fingerprint density at radius 2 is 1.81 bits per heavy atom. The Labute approximate surface area is 165 Å². The summed E-state index contributed by atoms with van der Waals surface area (Å²) < 4.78 is 0. The topological polar surface area (TPSA) is 95.5 Å². The molecule has 3 N–H and O–H groups in total. The average molecular weight is 395 g/mol. The van der Waals surface area contributed by atoms with E-state index >= 15 is 0 Å². The summed E-state index contributed by atoms with van der Waals surface area (Å²) in [5.74, 6) is 0.586. The van der Waals surface area contributed by atoms with Crippen molar-refractivity contribution in [3.8, 4) is 0 Å². The zero-order valence-corrected chi connectivity index (χ0v) is 17.1. The first-order valence-corrected chi connectivity index (χ1v) is 10.3. The van der Waals surface area contributed by atoms with E-state index < -0.39 is 5.97 Å². The predicted molar refractivity (Wildman–Crippen MR) is 109 cm³/mol. The maximum atomic E-state index is 12.0. The second-order valence-corrected chi connectivity index (χ2v) is 8.62. The molecule has 0 saturated heterocycles. The number of carboxylic acids is 1. The molecule has 1 aromatic carbocycles. The zero-order valence-electron chi connectivity index (χ0n) is 16.3. The number of amides is 2. The van der Waals surface area contributed by atoms with Gasteiger partial charge in [0, 0.05) is 30.3 Å². The number of carbonyl (C=O) groups excluding carboxylic acids is 2. The van der Waals surface area contributed by atoms with Crippen molar-refractivity contribution in [2.24, 2.45) is 5.41 Å². The molecular weight excluding hydrogens is 364 g/mol. The Morgan fingerprint density at radius 1 is 1.15 bits per heavy atom. The van der Waals surface area contributed by atoms with Gasteiger partial charge < -0.3 is 15.7 Å². The van der Waals surface area contributed by atoms with E-state index in [0.717, 1.165) is 17.9 Å². The number of carboxylic acid groups (broad SMARTS) is 1. The van der Waals surface area contributed by atoms with Crippen LogP contribution in [0, 0.1) is 5.41 Å². The molecule has 2 amide bonds. The largest absolute Gasteiger partial charge is 0.481 e. The molecule has 0 bridgehead atoms. The molecule has 6 nitrogen and oxygen atoms in total. The van der Waals surface area contributed by atoms with Crippen molar-refractivity contribution >= 4 is 29.5 Å². The molecule has 0 aliphatic rings. The number of nitrogens with one attached hydrogen (secondary N) is 2. The van der Waals surface area contributed by atoms with E-state index in [-0.39, 0.29) is 36.1 Å². The maximum absolute atomic E-state index is 12.0. The maximum Gasteiger partial charge on any atom is 0.303 e. The molecule has 7 heteroatoms. The molecule has 0 radical (unpaired) electrons. The van der Waals surface area contributed by atoms with Crippen LogP contribution in [0.3, 0.4) is 0 Å². The molecule has 0 saturated carbocycles. The number of carbonyl (C=O) groups is 3. The summed E-state index contributed by atoms with van der Waals surface area (Å²) in [5, 5.41) is 14.5. The molecule has 0 aromatic heterocycles. The first-order chi connectivity index (χ1) is 12.7. The van der Waals surface area contributed by atoms with Crippen LogP contribution < -0.4 is 10.6 Å². The number of hydrogen-bond acceptors (Lipinski definition) is 4. The van der Waals surface area contributed by atoms with Crippen molar-refractivity contribution in [3.63, 3.8) is 0 Å². The summed E-state index contributed by atoms with van der Waals surface area (Å²) in [6.45, 7) is 6.27. The molecule has 1 aromatic rings. The lowest BCUT2D eigenvalue weighted by atomic mass is 9.87. The van der Waals surface area contributed by atoms with Crippen molar-refractivity contribution in [1.82, 2.24) is 10.6 Å². The first-order valence-electron chi connectivity index (χ1n) is 9.12. The Morgan fingerprint density at radius 3 is 2.44 bits per heavy atom. The third-order valence-corrected chi connectivity index (χ3v) is 5.01. The lowest BCUT2D eigenvalue weighted by Crippen LogP contribution is -2.37. The molecule has 1 unspecified atom stereocenters. The second kappa shape index (κ2) is 11.6. The average Bonchev–Trinajstić information content (AvgIpc) is 2.57. The van der Waals surface area contributed by atoms with Crippen LogP contribution in [0.1, 0.15) is 50.4 Å². The van der Waals surface area contributed by atoms with E-state index in [2.05, 4.69) is 10.6 Å². The number of benzene rings is 1. The summed E-state index contributed by atoms with van der Waals surface area (Å²) >= 11 is 1.70. The van der Waals surface area contributed by atoms with Gasteiger partial charge in [-0.2, -0.15) is 11.8 Å². The van der Waals surface area contributed by atoms with Crippen LogP contribution in [0.15, 0.2) is 30.3 Å². The van der Waals surface area contributed by atoms with Crippen LogP contribution in [0.5, 0.6) is 0 Å². The van der Waals surface area contributed by atoms with Crippen LogP contribution in [0.4, 0.5) is 0 Å². The van der Waals surface area contributed by atoms with Crippen LogP contribution >= 0.6 is 11.8 Å². The van der Waals surface area contributed by atoms with Gasteiger partial charge in [-0.3, -0.25) is 14.4 Å². The van der Waals surface area contributed by atoms with Gasteiger partial charge in [0.1, 0.15) is 0 Å². The van der Waals surface area contributed by atoms with Gasteiger partial charge in [0.05, 0.1) is 6.42 Å². The fraction of sp³-hybridized carbons (Fsp3) is 0.550. The molecule has 0 fully saturated rings. The standard InChI is InChI=1S/C20H30N2O4S/c1-15(22-19(26)16-7-5-4-6-8-16)13-17(23)21-10-12-27-11-9-20(2,3)14-18(24)25/h4-8,15H,9-14H2,1-3H3,(H,21,23)(H,22,26)(H,24,25). The lowest BCUT2D eigenvalue weighted by Gasteiger charge is -2.21. The van der Waals surface area contributed by atoms with Gasteiger partial charge in [-0.25, -0.2) is 0 Å². The minimum absolute atomic E-state index is 0.0948. The van der Waals surface area contributed by atoms with Crippen molar-refractivity contribution < 1.29 is 19.5 Å². The van der Waals surface area contributed by atoms with Crippen molar-refractivity contribution in [1.29, 1.82) is 0 Å². The van der Waals surface area contributed by atoms with Gasteiger partial charge in [-0.1, -0.05) is 32.0 Å². The van der Waals surface area contributed by atoms with Gasteiger partial charge >= 0.3 is 5.97 Å². The third-order valence-electron chi connectivity index (χ3n) is 4.03. The number of rotatable bonds is 12. The van der Waals surface area contributed by atoms with Crippen LogP contribution in [0.2, 0.25) is 0 Å². The third kappa shape index (κ3) is 10.7. The van der Waals surface area contributed by atoms with Gasteiger partial charge in [-0.05, 0) is 36.6 Å². The van der Waals surface area contributed by atoms with Gasteiger partial charge in [0.2, 0.25) is 5.91 Å². The Kier molecular flexibility index (Phi) is 9.93. The van der Waals surface area contributed by atoms with E-state index in [1.165, 1.54) is 0 Å². The van der Waals surface area contributed by atoms with Crippen LogP contribution in [0.25, 0.3) is 0 Å². The number of aliphatic carboxylic acids is 1. The van der Waals surface area contributed by atoms with Gasteiger partial charge in [0.25, 0.3) is 5.91 Å².